The SMILES string of the molecule is CCCCOc1ccc(N(C(=O)c2snc(C(N)=O)c2N)[C@H](C(=O)NC(C)(C)C)c2cccs2)cc1. The zero-order chi connectivity index (χ0) is 26.5. The summed E-state index contributed by atoms with van der Waals surface area (Å²) in [5.41, 5.74) is 11.1. The number of rotatable bonds is 10. The molecular weight excluding hydrogens is 498 g/mol. The van der Waals surface area contributed by atoms with Crippen LogP contribution in [0.15, 0.2) is 41.8 Å². The van der Waals surface area contributed by atoms with Crippen molar-refractivity contribution < 1.29 is 19.1 Å². The highest BCUT2D eigenvalue weighted by atomic mass is 32.1. The van der Waals surface area contributed by atoms with Crippen LogP contribution in [0.3, 0.4) is 0 Å². The smallest absolute Gasteiger partial charge is 0.273 e. The number of nitrogens with zero attached hydrogens (tertiary/aromatic N) is 2. The Labute approximate surface area is 218 Å². The number of amides is 3. The van der Waals surface area contributed by atoms with Crippen molar-refractivity contribution in [2.45, 2.75) is 52.1 Å². The molecule has 0 saturated carbocycles. The summed E-state index contributed by atoms with van der Waals surface area (Å²) in [6.07, 6.45) is 1.93. The number of ether oxygens (including phenoxy) is 1. The Bertz CT molecular complexity index is 1200. The van der Waals surface area contributed by atoms with Crippen LogP contribution in [0.5, 0.6) is 5.75 Å². The minimum Gasteiger partial charge on any atom is -0.494 e. The lowest BCUT2D eigenvalue weighted by molar-refractivity contribution is -0.123. The molecule has 0 fully saturated rings. The van der Waals surface area contributed by atoms with Crippen LogP contribution in [0.4, 0.5) is 11.4 Å². The number of nitrogens with two attached hydrogens (primary N) is 2. The number of hydrogen-bond acceptors (Lipinski definition) is 8. The Morgan fingerprint density at radius 1 is 1.17 bits per heavy atom. The van der Waals surface area contributed by atoms with E-state index < -0.39 is 23.4 Å². The van der Waals surface area contributed by atoms with E-state index in [1.807, 2.05) is 32.2 Å². The van der Waals surface area contributed by atoms with Crippen molar-refractivity contribution >= 4 is 52.0 Å². The fourth-order valence-corrected chi connectivity index (χ4v) is 4.97. The molecule has 11 heteroatoms. The third kappa shape index (κ3) is 6.41. The third-order valence-corrected chi connectivity index (χ3v) is 6.85. The molecule has 0 aliphatic rings. The number of thiophene rings is 1. The van der Waals surface area contributed by atoms with Gasteiger partial charge in [0.25, 0.3) is 11.8 Å². The molecule has 0 radical (unpaired) electrons. The number of primary amides is 1. The van der Waals surface area contributed by atoms with Gasteiger partial charge >= 0.3 is 0 Å². The molecule has 192 valence electrons. The molecular formula is C25H31N5O4S2. The van der Waals surface area contributed by atoms with Gasteiger partial charge in [-0.1, -0.05) is 19.4 Å². The fraction of sp³-hybridized carbons (Fsp3) is 0.360. The average molecular weight is 530 g/mol. The maximum absolute atomic E-state index is 14.0. The van der Waals surface area contributed by atoms with E-state index in [1.54, 1.807) is 30.3 Å². The first kappa shape index (κ1) is 27.2. The van der Waals surface area contributed by atoms with Crippen molar-refractivity contribution in [1.29, 1.82) is 0 Å². The number of unbranched alkanes of at least 4 members (excludes halogenated alkanes) is 1. The quantitative estimate of drug-likeness (QED) is 0.333. The van der Waals surface area contributed by atoms with E-state index in [0.29, 0.717) is 22.9 Å². The van der Waals surface area contributed by atoms with Crippen LogP contribution in [0, 0.1) is 0 Å². The normalized spacial score (nSPS) is 12.1. The monoisotopic (exact) mass is 529 g/mol. The summed E-state index contributed by atoms with van der Waals surface area (Å²) in [6.45, 7) is 8.26. The summed E-state index contributed by atoms with van der Waals surface area (Å²) in [5.74, 6) is -1.11. The lowest BCUT2D eigenvalue weighted by Crippen LogP contribution is -2.49. The second-order valence-corrected chi connectivity index (χ2v) is 10.9. The molecule has 1 aromatic carbocycles. The summed E-state index contributed by atoms with van der Waals surface area (Å²) < 4.78 is 9.73. The van der Waals surface area contributed by atoms with Gasteiger partial charge in [-0.25, -0.2) is 0 Å². The van der Waals surface area contributed by atoms with Crippen LogP contribution in [0.1, 0.15) is 71.6 Å². The molecule has 0 aliphatic carbocycles. The predicted molar refractivity (Wildman–Crippen MR) is 144 cm³/mol. The van der Waals surface area contributed by atoms with Gasteiger partial charge in [0.1, 0.15) is 10.6 Å². The van der Waals surface area contributed by atoms with E-state index >= 15 is 0 Å². The molecule has 0 aliphatic heterocycles. The number of nitrogen functional groups attached to an aromatic ring is 1. The number of carbonyl (C=O) groups excluding carboxylic acids is 3. The molecule has 1 atom stereocenters. The second kappa shape index (κ2) is 11.5. The molecule has 3 rings (SSSR count). The molecule has 0 unspecified atom stereocenters. The highest BCUT2D eigenvalue weighted by molar-refractivity contribution is 7.10. The Balaban J connectivity index is 2.11. The van der Waals surface area contributed by atoms with Gasteiger partial charge in [-0.3, -0.25) is 19.3 Å². The van der Waals surface area contributed by atoms with Crippen molar-refractivity contribution in [3.63, 3.8) is 0 Å². The van der Waals surface area contributed by atoms with Crippen molar-refractivity contribution in [1.82, 2.24) is 9.69 Å². The van der Waals surface area contributed by atoms with Gasteiger partial charge in [-0.05, 0) is 74.4 Å². The summed E-state index contributed by atoms with van der Waals surface area (Å²) in [5, 5.41) is 4.82. The molecule has 9 nitrogen and oxygen atoms in total. The van der Waals surface area contributed by atoms with Crippen LogP contribution in [-0.4, -0.2) is 34.2 Å². The maximum atomic E-state index is 14.0. The minimum atomic E-state index is -0.998. The molecule has 3 amide bonds. The van der Waals surface area contributed by atoms with E-state index in [9.17, 15) is 14.4 Å². The Hall–Kier alpha value is -3.44. The van der Waals surface area contributed by atoms with Crippen LogP contribution < -0.4 is 26.4 Å². The van der Waals surface area contributed by atoms with Gasteiger partial charge in [0, 0.05) is 16.1 Å². The number of aromatic nitrogens is 1. The standard InChI is InChI=1S/C25H31N5O4S2/c1-5-6-13-34-16-11-9-15(10-12-16)30(24(33)21-18(26)19(22(27)31)29-36-21)20(17-8-7-14-35-17)23(32)28-25(2,3)4/h7-12,14,20H,5-6,13,26H2,1-4H3,(H2,27,31)(H,28,32)/t20-/m0/s1. The summed E-state index contributed by atoms with van der Waals surface area (Å²) in [7, 11) is 0. The molecule has 2 heterocycles. The van der Waals surface area contributed by atoms with Gasteiger partial charge in [0.05, 0.1) is 12.3 Å². The summed E-state index contributed by atoms with van der Waals surface area (Å²) in [6, 6.07) is 9.56. The van der Waals surface area contributed by atoms with E-state index in [4.69, 9.17) is 16.2 Å². The average Bonchev–Trinajstić information content (AvgIpc) is 3.46. The van der Waals surface area contributed by atoms with Crippen molar-refractivity contribution in [3.8, 4) is 5.75 Å². The van der Waals surface area contributed by atoms with Gasteiger partial charge < -0.3 is 21.5 Å². The Morgan fingerprint density at radius 3 is 2.39 bits per heavy atom. The summed E-state index contributed by atoms with van der Waals surface area (Å²) >= 11 is 2.13. The van der Waals surface area contributed by atoms with Crippen molar-refractivity contribution in [2.24, 2.45) is 5.73 Å². The van der Waals surface area contributed by atoms with Gasteiger partial charge in [-0.15, -0.1) is 11.3 Å². The fourth-order valence-electron chi connectivity index (χ4n) is 3.42. The topological polar surface area (TPSA) is 141 Å². The van der Waals surface area contributed by atoms with Crippen LogP contribution in [0.2, 0.25) is 0 Å². The van der Waals surface area contributed by atoms with Gasteiger partial charge in [-0.2, -0.15) is 4.37 Å². The zero-order valence-corrected chi connectivity index (χ0v) is 22.4. The maximum Gasteiger partial charge on any atom is 0.273 e. The van der Waals surface area contributed by atoms with Crippen LogP contribution in [-0.2, 0) is 4.79 Å². The Kier molecular flexibility index (Phi) is 8.70. The molecule has 5 N–H and O–H groups in total. The summed E-state index contributed by atoms with van der Waals surface area (Å²) in [4.78, 5) is 41.3. The zero-order valence-electron chi connectivity index (χ0n) is 20.7. The van der Waals surface area contributed by atoms with Crippen molar-refractivity contribution in [3.05, 3.63) is 57.2 Å². The number of benzene rings is 1. The van der Waals surface area contributed by atoms with Crippen LogP contribution >= 0.6 is 22.9 Å². The van der Waals surface area contributed by atoms with E-state index in [0.717, 1.165) is 24.4 Å². The lowest BCUT2D eigenvalue weighted by atomic mass is 10.1. The Morgan fingerprint density at radius 2 is 1.86 bits per heavy atom. The van der Waals surface area contributed by atoms with Crippen LogP contribution in [0.25, 0.3) is 0 Å². The first-order chi connectivity index (χ1) is 17.0. The van der Waals surface area contributed by atoms with Gasteiger partial charge in [0.15, 0.2) is 11.7 Å². The van der Waals surface area contributed by atoms with E-state index in [1.165, 1.54) is 16.2 Å². The first-order valence-electron chi connectivity index (χ1n) is 11.5. The van der Waals surface area contributed by atoms with E-state index in [-0.39, 0.29) is 22.2 Å². The predicted octanol–water partition coefficient (Wildman–Crippen LogP) is 4.37. The number of anilines is 2. The molecule has 36 heavy (non-hydrogen) atoms. The second-order valence-electron chi connectivity index (χ2n) is 9.17. The van der Waals surface area contributed by atoms with Crippen molar-refractivity contribution in [2.75, 3.05) is 17.2 Å². The first-order valence-corrected chi connectivity index (χ1v) is 13.2. The highest BCUT2D eigenvalue weighted by Crippen LogP contribution is 2.35. The lowest BCUT2D eigenvalue weighted by Gasteiger charge is -2.33. The molecule has 3 aromatic rings. The largest absolute Gasteiger partial charge is 0.494 e. The molecule has 0 bridgehead atoms. The third-order valence-electron chi connectivity index (χ3n) is 5.07. The number of hydrogen-bond donors (Lipinski definition) is 3. The molecule has 0 spiro atoms. The number of carbonyl (C=O) groups is 3. The highest BCUT2D eigenvalue weighted by Gasteiger charge is 2.37. The van der Waals surface area contributed by atoms with E-state index in [2.05, 4.69) is 16.6 Å². The molecule has 2 aromatic heterocycles. The minimum absolute atomic E-state index is 0.0252. The van der Waals surface area contributed by atoms with Gasteiger partial charge in [0.2, 0.25) is 5.91 Å². The molecule has 0 saturated heterocycles. The number of nitrogens with one attached hydrogen (secondary N) is 1.